The van der Waals surface area contributed by atoms with Gasteiger partial charge >= 0.3 is 0 Å². The summed E-state index contributed by atoms with van der Waals surface area (Å²) in [6.45, 7) is 3.96. The van der Waals surface area contributed by atoms with Crippen molar-refractivity contribution in [3.05, 3.63) is 0 Å². The summed E-state index contributed by atoms with van der Waals surface area (Å²) in [6, 6.07) is 0. The van der Waals surface area contributed by atoms with Crippen LogP contribution in [0.2, 0.25) is 0 Å². The maximum absolute atomic E-state index is 11.1. The number of aliphatic hydroxyl groups excluding tert-OH is 2. The van der Waals surface area contributed by atoms with Gasteiger partial charge in [0, 0.05) is 13.0 Å². The van der Waals surface area contributed by atoms with Crippen molar-refractivity contribution in [3.63, 3.8) is 0 Å². The van der Waals surface area contributed by atoms with Gasteiger partial charge in [0.2, 0.25) is 5.91 Å². The second kappa shape index (κ2) is 6.86. The summed E-state index contributed by atoms with van der Waals surface area (Å²) < 4.78 is 0. The van der Waals surface area contributed by atoms with Gasteiger partial charge in [-0.2, -0.15) is 0 Å². The quantitative estimate of drug-likeness (QED) is 0.546. The first kappa shape index (κ1) is 12.4. The number of carbonyl (C=O) groups is 1. The highest BCUT2D eigenvalue weighted by Gasteiger charge is 2.15. The topological polar surface area (TPSA) is 69.6 Å². The Morgan fingerprint density at radius 2 is 2.15 bits per heavy atom. The Bertz CT molecular complexity index is 150. The molecule has 2 unspecified atom stereocenters. The summed E-state index contributed by atoms with van der Waals surface area (Å²) in [5.41, 5.74) is 0. The minimum absolute atomic E-state index is 0.0244. The largest absolute Gasteiger partial charge is 0.395 e. The molecule has 2 atom stereocenters. The van der Waals surface area contributed by atoms with Crippen LogP contribution in [0.15, 0.2) is 0 Å². The van der Waals surface area contributed by atoms with E-state index in [1.807, 2.05) is 13.8 Å². The minimum atomic E-state index is -0.417. The zero-order chi connectivity index (χ0) is 10.3. The lowest BCUT2D eigenvalue weighted by Crippen LogP contribution is -2.30. The highest BCUT2D eigenvalue weighted by atomic mass is 16.3. The summed E-state index contributed by atoms with van der Waals surface area (Å²) in [4.78, 5) is 11.1. The van der Waals surface area contributed by atoms with E-state index in [0.29, 0.717) is 12.8 Å². The van der Waals surface area contributed by atoms with Crippen LogP contribution in [0.3, 0.4) is 0 Å². The summed E-state index contributed by atoms with van der Waals surface area (Å²) >= 11 is 0. The molecule has 4 nitrogen and oxygen atoms in total. The smallest absolute Gasteiger partial charge is 0.220 e. The summed E-state index contributed by atoms with van der Waals surface area (Å²) in [5, 5.41) is 20.4. The molecule has 13 heavy (non-hydrogen) atoms. The first-order valence-electron chi connectivity index (χ1n) is 4.67. The monoisotopic (exact) mass is 189 g/mol. The molecule has 0 aromatic heterocycles. The average Bonchev–Trinajstić information content (AvgIpc) is 2.13. The van der Waals surface area contributed by atoms with Gasteiger partial charge in [-0.15, -0.1) is 0 Å². The molecule has 78 valence electrons. The van der Waals surface area contributed by atoms with E-state index in [9.17, 15) is 9.90 Å². The van der Waals surface area contributed by atoms with Crippen molar-refractivity contribution in [1.29, 1.82) is 0 Å². The second-order valence-corrected chi connectivity index (χ2v) is 3.23. The first-order valence-corrected chi connectivity index (χ1v) is 4.67. The Kier molecular flexibility index (Phi) is 6.54. The number of aliphatic hydroxyl groups is 2. The maximum Gasteiger partial charge on any atom is 0.220 e. The molecule has 1 amide bonds. The lowest BCUT2D eigenvalue weighted by molar-refractivity contribution is -0.122. The van der Waals surface area contributed by atoms with E-state index in [1.54, 1.807) is 0 Å². The molecule has 0 radical (unpaired) electrons. The predicted octanol–water partition coefficient (Wildman–Crippen LogP) is -0.108. The second-order valence-electron chi connectivity index (χ2n) is 3.23. The van der Waals surface area contributed by atoms with E-state index in [2.05, 4.69) is 5.32 Å². The number of amides is 1. The first-order chi connectivity index (χ1) is 6.11. The molecule has 0 fully saturated rings. The molecule has 0 saturated heterocycles. The van der Waals surface area contributed by atoms with Gasteiger partial charge in [0.1, 0.15) is 0 Å². The van der Waals surface area contributed by atoms with Gasteiger partial charge < -0.3 is 15.5 Å². The molecule has 3 N–H and O–H groups in total. The van der Waals surface area contributed by atoms with Crippen LogP contribution in [0, 0.1) is 5.92 Å². The molecule has 0 aromatic carbocycles. The van der Waals surface area contributed by atoms with Crippen molar-refractivity contribution >= 4 is 5.91 Å². The Labute approximate surface area is 79.0 Å². The Morgan fingerprint density at radius 3 is 2.62 bits per heavy atom. The van der Waals surface area contributed by atoms with E-state index in [-0.39, 0.29) is 25.0 Å². The normalized spacial score (nSPS) is 15.1. The van der Waals surface area contributed by atoms with Gasteiger partial charge in [-0.3, -0.25) is 4.79 Å². The number of hydrogen-bond donors (Lipinski definition) is 3. The Hall–Kier alpha value is -0.610. The van der Waals surface area contributed by atoms with Crippen LogP contribution in [0.25, 0.3) is 0 Å². The summed E-state index contributed by atoms with van der Waals surface area (Å²) in [7, 11) is 0. The van der Waals surface area contributed by atoms with E-state index >= 15 is 0 Å². The van der Waals surface area contributed by atoms with Gasteiger partial charge in [-0.05, 0) is 12.3 Å². The van der Waals surface area contributed by atoms with Crippen molar-refractivity contribution in [1.82, 2.24) is 5.32 Å². The van der Waals surface area contributed by atoms with Crippen molar-refractivity contribution in [3.8, 4) is 0 Å². The fourth-order valence-electron chi connectivity index (χ4n) is 1.10. The molecule has 0 aromatic rings. The van der Waals surface area contributed by atoms with Crippen LogP contribution in [-0.4, -0.2) is 35.4 Å². The molecule has 0 rings (SSSR count). The molecule has 0 saturated carbocycles. The van der Waals surface area contributed by atoms with Gasteiger partial charge in [-0.25, -0.2) is 0 Å². The predicted molar refractivity (Wildman–Crippen MR) is 50.2 cm³/mol. The van der Waals surface area contributed by atoms with Crippen LogP contribution in [0.5, 0.6) is 0 Å². The standard InChI is InChI=1S/C9H19NO3/c1-3-8(12)7(2)6-9(13)10-4-5-11/h7-8,11-12H,3-6H2,1-2H3,(H,10,13). The maximum atomic E-state index is 11.1. The third-order valence-corrected chi connectivity index (χ3v) is 2.02. The van der Waals surface area contributed by atoms with Crippen molar-refractivity contribution in [2.24, 2.45) is 5.92 Å². The van der Waals surface area contributed by atoms with E-state index in [1.165, 1.54) is 0 Å². The highest BCUT2D eigenvalue weighted by Crippen LogP contribution is 2.10. The molecule has 0 aliphatic rings. The third-order valence-electron chi connectivity index (χ3n) is 2.02. The van der Waals surface area contributed by atoms with Crippen molar-refractivity contribution in [2.45, 2.75) is 32.8 Å². The van der Waals surface area contributed by atoms with Gasteiger partial charge in [0.25, 0.3) is 0 Å². The molecule has 0 aliphatic carbocycles. The van der Waals surface area contributed by atoms with Crippen LogP contribution in [0.4, 0.5) is 0 Å². The fraction of sp³-hybridized carbons (Fsp3) is 0.889. The van der Waals surface area contributed by atoms with Crippen LogP contribution >= 0.6 is 0 Å². The van der Waals surface area contributed by atoms with E-state index in [4.69, 9.17) is 5.11 Å². The minimum Gasteiger partial charge on any atom is -0.395 e. The third kappa shape index (κ3) is 5.60. The molecule has 0 aliphatic heterocycles. The molecule has 4 heteroatoms. The van der Waals surface area contributed by atoms with Gasteiger partial charge in [-0.1, -0.05) is 13.8 Å². The molecular weight excluding hydrogens is 170 g/mol. The zero-order valence-corrected chi connectivity index (χ0v) is 8.29. The van der Waals surface area contributed by atoms with E-state index < -0.39 is 6.10 Å². The molecule has 0 bridgehead atoms. The molecule has 0 spiro atoms. The van der Waals surface area contributed by atoms with Crippen molar-refractivity contribution in [2.75, 3.05) is 13.2 Å². The van der Waals surface area contributed by atoms with Gasteiger partial charge in [0.15, 0.2) is 0 Å². The van der Waals surface area contributed by atoms with Crippen LogP contribution in [0.1, 0.15) is 26.7 Å². The fourth-order valence-corrected chi connectivity index (χ4v) is 1.10. The van der Waals surface area contributed by atoms with Crippen LogP contribution < -0.4 is 5.32 Å². The SMILES string of the molecule is CCC(O)C(C)CC(=O)NCCO. The van der Waals surface area contributed by atoms with E-state index in [0.717, 1.165) is 0 Å². The summed E-state index contributed by atoms with van der Waals surface area (Å²) in [5.74, 6) is -0.141. The average molecular weight is 189 g/mol. The number of nitrogens with one attached hydrogen (secondary N) is 1. The molecular formula is C9H19NO3. The number of carbonyl (C=O) groups excluding carboxylic acids is 1. The Morgan fingerprint density at radius 1 is 1.54 bits per heavy atom. The van der Waals surface area contributed by atoms with Gasteiger partial charge in [0.05, 0.1) is 12.7 Å². The molecule has 0 heterocycles. The number of rotatable bonds is 6. The zero-order valence-electron chi connectivity index (χ0n) is 8.29. The lowest BCUT2D eigenvalue weighted by Gasteiger charge is -2.16. The summed E-state index contributed by atoms with van der Waals surface area (Å²) in [6.07, 6.45) is 0.559. The Balaban J connectivity index is 3.64. The highest BCUT2D eigenvalue weighted by molar-refractivity contribution is 5.76. The van der Waals surface area contributed by atoms with Crippen LogP contribution in [-0.2, 0) is 4.79 Å². The lowest BCUT2D eigenvalue weighted by atomic mass is 9.99. The number of hydrogen-bond acceptors (Lipinski definition) is 3. The van der Waals surface area contributed by atoms with Crippen molar-refractivity contribution < 1.29 is 15.0 Å².